The number of aromatic nitrogens is 3. The number of halogens is 1. The summed E-state index contributed by atoms with van der Waals surface area (Å²) in [5.74, 6) is 1.42. The Morgan fingerprint density at radius 2 is 2.21 bits per heavy atom. The molecule has 1 unspecified atom stereocenters. The van der Waals surface area contributed by atoms with Crippen molar-refractivity contribution in [2.24, 2.45) is 0 Å². The molecule has 1 aromatic heterocycles. The molecule has 4 heteroatoms. The Morgan fingerprint density at radius 3 is 2.84 bits per heavy atom. The summed E-state index contributed by atoms with van der Waals surface area (Å²) in [6, 6.07) is 6.78. The van der Waals surface area contributed by atoms with Gasteiger partial charge in [0.15, 0.2) is 5.82 Å². The molecule has 1 heterocycles. The van der Waals surface area contributed by atoms with E-state index in [9.17, 15) is 0 Å². The quantitative estimate of drug-likeness (QED) is 0.825. The molecule has 3 nitrogen and oxygen atoms in total. The lowest BCUT2D eigenvalue weighted by atomic mass is 9.97. The molecule has 3 rings (SSSR count). The van der Waals surface area contributed by atoms with Crippen molar-refractivity contribution in [1.82, 2.24) is 14.8 Å². The van der Waals surface area contributed by atoms with Gasteiger partial charge in [0.25, 0.3) is 0 Å². The summed E-state index contributed by atoms with van der Waals surface area (Å²) in [5.41, 5.74) is 2.27. The Hall–Kier alpha value is -1.35. The molecular formula is C15H18ClN3. The van der Waals surface area contributed by atoms with E-state index < -0.39 is 0 Å². The summed E-state index contributed by atoms with van der Waals surface area (Å²) in [7, 11) is 0. The molecule has 0 N–H and O–H groups in total. The van der Waals surface area contributed by atoms with E-state index in [4.69, 9.17) is 11.6 Å². The highest BCUT2D eigenvalue weighted by Crippen LogP contribution is 2.38. The maximum absolute atomic E-state index is 6.41. The molecule has 0 bridgehead atoms. The van der Waals surface area contributed by atoms with Crippen LogP contribution in [0.4, 0.5) is 0 Å². The molecule has 1 atom stereocenters. The molecule has 0 saturated heterocycles. The SMILES string of the molecule is CCC(C)c1ccc(-c2ncnn2C2CC2)cc1Cl. The zero-order valence-corrected chi connectivity index (χ0v) is 12.1. The van der Waals surface area contributed by atoms with E-state index >= 15 is 0 Å². The van der Waals surface area contributed by atoms with Gasteiger partial charge in [-0.2, -0.15) is 5.10 Å². The van der Waals surface area contributed by atoms with Crippen LogP contribution in [0, 0.1) is 0 Å². The van der Waals surface area contributed by atoms with Crippen LogP contribution in [-0.4, -0.2) is 14.8 Å². The molecule has 1 saturated carbocycles. The monoisotopic (exact) mass is 275 g/mol. The van der Waals surface area contributed by atoms with Crippen LogP contribution in [0.5, 0.6) is 0 Å². The third-order valence-electron chi connectivity index (χ3n) is 3.87. The van der Waals surface area contributed by atoms with Gasteiger partial charge in [0, 0.05) is 10.6 Å². The lowest BCUT2D eigenvalue weighted by Gasteiger charge is -2.12. The van der Waals surface area contributed by atoms with Crippen LogP contribution in [-0.2, 0) is 0 Å². The van der Waals surface area contributed by atoms with Gasteiger partial charge in [-0.05, 0) is 36.8 Å². The fourth-order valence-electron chi connectivity index (χ4n) is 2.33. The predicted molar refractivity (Wildman–Crippen MR) is 77.4 cm³/mol. The second kappa shape index (κ2) is 4.97. The van der Waals surface area contributed by atoms with Crippen molar-refractivity contribution in [3.05, 3.63) is 35.1 Å². The van der Waals surface area contributed by atoms with Crippen LogP contribution in [0.1, 0.15) is 50.6 Å². The fraction of sp³-hybridized carbons (Fsp3) is 0.467. The number of hydrogen-bond donors (Lipinski definition) is 0. The first kappa shape index (κ1) is 12.7. The van der Waals surface area contributed by atoms with Crippen molar-refractivity contribution >= 4 is 11.6 Å². The maximum Gasteiger partial charge on any atom is 0.158 e. The van der Waals surface area contributed by atoms with Gasteiger partial charge in [0.2, 0.25) is 0 Å². The van der Waals surface area contributed by atoms with Crippen LogP contribution < -0.4 is 0 Å². The summed E-state index contributed by atoms with van der Waals surface area (Å²) >= 11 is 6.41. The lowest BCUT2D eigenvalue weighted by molar-refractivity contribution is 0.647. The van der Waals surface area contributed by atoms with Crippen molar-refractivity contribution < 1.29 is 0 Å². The van der Waals surface area contributed by atoms with E-state index in [1.807, 2.05) is 10.7 Å². The summed E-state index contributed by atoms with van der Waals surface area (Å²) in [5, 5.41) is 5.15. The van der Waals surface area contributed by atoms with Gasteiger partial charge < -0.3 is 0 Å². The maximum atomic E-state index is 6.41. The minimum absolute atomic E-state index is 0.489. The first-order chi connectivity index (χ1) is 9.20. The van der Waals surface area contributed by atoms with Gasteiger partial charge in [-0.15, -0.1) is 0 Å². The Labute approximate surface area is 118 Å². The number of benzene rings is 1. The molecule has 0 amide bonds. The molecule has 100 valence electrons. The zero-order valence-electron chi connectivity index (χ0n) is 11.3. The average Bonchev–Trinajstić information content (AvgIpc) is 3.15. The molecule has 0 spiro atoms. The largest absolute Gasteiger partial charge is 0.243 e. The van der Waals surface area contributed by atoms with E-state index in [0.29, 0.717) is 12.0 Å². The van der Waals surface area contributed by atoms with E-state index in [1.54, 1.807) is 6.33 Å². The smallest absolute Gasteiger partial charge is 0.158 e. The molecule has 1 aliphatic rings. The zero-order chi connectivity index (χ0) is 13.4. The molecule has 0 aliphatic heterocycles. The van der Waals surface area contributed by atoms with Crippen molar-refractivity contribution in [1.29, 1.82) is 0 Å². The highest BCUT2D eigenvalue weighted by Gasteiger charge is 2.27. The normalized spacial score (nSPS) is 16.6. The van der Waals surface area contributed by atoms with Gasteiger partial charge in [0.1, 0.15) is 6.33 Å². The fourth-order valence-corrected chi connectivity index (χ4v) is 2.70. The van der Waals surface area contributed by atoms with Gasteiger partial charge in [0.05, 0.1) is 6.04 Å². The van der Waals surface area contributed by atoms with E-state index in [2.05, 4.69) is 36.1 Å². The van der Waals surface area contributed by atoms with Crippen LogP contribution in [0.2, 0.25) is 5.02 Å². The van der Waals surface area contributed by atoms with Crippen LogP contribution in [0.15, 0.2) is 24.5 Å². The number of nitrogens with zero attached hydrogens (tertiary/aromatic N) is 3. The number of hydrogen-bond acceptors (Lipinski definition) is 2. The molecule has 19 heavy (non-hydrogen) atoms. The third kappa shape index (κ3) is 2.39. The minimum Gasteiger partial charge on any atom is -0.243 e. The topological polar surface area (TPSA) is 30.7 Å². The van der Waals surface area contributed by atoms with E-state index in [0.717, 1.165) is 22.8 Å². The molecule has 0 radical (unpaired) electrons. The van der Waals surface area contributed by atoms with E-state index in [1.165, 1.54) is 18.4 Å². The minimum atomic E-state index is 0.489. The first-order valence-electron chi connectivity index (χ1n) is 6.90. The molecule has 1 fully saturated rings. The second-order valence-corrected chi connectivity index (χ2v) is 5.71. The molecule has 2 aromatic rings. The summed E-state index contributed by atoms with van der Waals surface area (Å²) in [6.07, 6.45) is 5.13. The molecule has 1 aromatic carbocycles. The van der Waals surface area contributed by atoms with Gasteiger partial charge in [-0.1, -0.05) is 37.6 Å². The lowest BCUT2D eigenvalue weighted by Crippen LogP contribution is -2.00. The van der Waals surface area contributed by atoms with Crippen molar-refractivity contribution in [3.63, 3.8) is 0 Å². The van der Waals surface area contributed by atoms with Crippen molar-refractivity contribution in [2.45, 2.75) is 45.1 Å². The Kier molecular flexibility index (Phi) is 3.31. The molecular weight excluding hydrogens is 258 g/mol. The van der Waals surface area contributed by atoms with Crippen molar-refractivity contribution in [2.75, 3.05) is 0 Å². The van der Waals surface area contributed by atoms with Gasteiger partial charge in [-0.25, -0.2) is 9.67 Å². The van der Waals surface area contributed by atoms with E-state index in [-0.39, 0.29) is 0 Å². The highest BCUT2D eigenvalue weighted by molar-refractivity contribution is 6.31. The predicted octanol–water partition coefficient (Wildman–Crippen LogP) is 4.45. The average molecular weight is 276 g/mol. The molecule has 1 aliphatic carbocycles. The summed E-state index contributed by atoms with van der Waals surface area (Å²) in [4.78, 5) is 4.38. The Balaban J connectivity index is 1.97. The Morgan fingerprint density at radius 1 is 1.42 bits per heavy atom. The summed E-state index contributed by atoms with van der Waals surface area (Å²) in [6.45, 7) is 4.38. The Bertz CT molecular complexity index is 587. The standard InChI is InChI=1S/C15H18ClN3/c1-3-10(2)13-7-4-11(8-14(13)16)15-17-9-18-19(15)12-5-6-12/h4,7-10,12H,3,5-6H2,1-2H3. The summed E-state index contributed by atoms with van der Waals surface area (Å²) < 4.78 is 2.02. The van der Waals surface area contributed by atoms with Gasteiger partial charge >= 0.3 is 0 Å². The second-order valence-electron chi connectivity index (χ2n) is 5.30. The van der Waals surface area contributed by atoms with Crippen molar-refractivity contribution in [3.8, 4) is 11.4 Å². The third-order valence-corrected chi connectivity index (χ3v) is 4.20. The van der Waals surface area contributed by atoms with Crippen LogP contribution >= 0.6 is 11.6 Å². The van der Waals surface area contributed by atoms with Crippen LogP contribution in [0.3, 0.4) is 0 Å². The highest BCUT2D eigenvalue weighted by atomic mass is 35.5. The number of rotatable bonds is 4. The van der Waals surface area contributed by atoms with Crippen LogP contribution in [0.25, 0.3) is 11.4 Å². The first-order valence-corrected chi connectivity index (χ1v) is 7.27. The van der Waals surface area contributed by atoms with Gasteiger partial charge in [-0.3, -0.25) is 0 Å².